The Bertz CT molecular complexity index is 1210. The number of aromatic nitrogens is 3. The van der Waals surface area contributed by atoms with E-state index in [2.05, 4.69) is 15.3 Å². The van der Waals surface area contributed by atoms with Crippen molar-refractivity contribution in [3.05, 3.63) is 89.5 Å². The molecular formula is C22H18N4O2S. The molecule has 2 aromatic carbocycles. The van der Waals surface area contributed by atoms with E-state index in [1.807, 2.05) is 42.5 Å². The van der Waals surface area contributed by atoms with E-state index in [-0.39, 0.29) is 11.5 Å². The van der Waals surface area contributed by atoms with Crippen LogP contribution < -0.4 is 10.9 Å². The molecule has 1 N–H and O–H groups in total. The first-order valence-corrected chi connectivity index (χ1v) is 9.96. The molecule has 0 radical (unpaired) electrons. The lowest BCUT2D eigenvalue weighted by Gasteiger charge is -2.16. The molecule has 0 aliphatic rings. The highest BCUT2D eigenvalue weighted by atomic mass is 32.2. The van der Waals surface area contributed by atoms with E-state index in [9.17, 15) is 9.59 Å². The van der Waals surface area contributed by atoms with Crippen LogP contribution in [0.5, 0.6) is 0 Å². The Labute approximate surface area is 171 Å². The summed E-state index contributed by atoms with van der Waals surface area (Å²) < 4.78 is 1.56. The van der Waals surface area contributed by atoms with E-state index in [1.165, 1.54) is 11.8 Å². The molecule has 0 bridgehead atoms. The normalized spacial score (nSPS) is 11.9. The van der Waals surface area contributed by atoms with Gasteiger partial charge < -0.3 is 5.32 Å². The molecule has 0 saturated heterocycles. The predicted octanol–water partition coefficient (Wildman–Crippen LogP) is 3.90. The minimum atomic E-state index is -0.466. The molecule has 0 saturated carbocycles. The molecule has 0 spiro atoms. The quantitative estimate of drug-likeness (QED) is 0.405. The maximum Gasteiger partial charge on any atom is 0.266 e. The van der Waals surface area contributed by atoms with E-state index >= 15 is 0 Å². The number of nitrogens with one attached hydrogen (secondary N) is 1. The first-order valence-electron chi connectivity index (χ1n) is 9.08. The third-order valence-electron chi connectivity index (χ3n) is 4.36. The van der Waals surface area contributed by atoms with E-state index in [1.54, 1.807) is 48.1 Å². The lowest BCUT2D eigenvalue weighted by molar-refractivity contribution is -0.115. The van der Waals surface area contributed by atoms with Gasteiger partial charge in [0.2, 0.25) is 5.91 Å². The van der Waals surface area contributed by atoms with Crippen molar-refractivity contribution in [3.63, 3.8) is 0 Å². The highest BCUT2D eigenvalue weighted by Gasteiger charge is 2.20. The zero-order valence-electron chi connectivity index (χ0n) is 15.6. The zero-order chi connectivity index (χ0) is 20.2. The van der Waals surface area contributed by atoms with E-state index in [0.29, 0.717) is 27.4 Å². The largest absolute Gasteiger partial charge is 0.325 e. The van der Waals surface area contributed by atoms with Gasteiger partial charge in [-0.1, -0.05) is 42.1 Å². The van der Waals surface area contributed by atoms with Crippen molar-refractivity contribution in [3.8, 4) is 5.69 Å². The number of amides is 1. The molecule has 2 aromatic heterocycles. The fourth-order valence-corrected chi connectivity index (χ4v) is 3.81. The van der Waals surface area contributed by atoms with Crippen LogP contribution in [0, 0.1) is 0 Å². The smallest absolute Gasteiger partial charge is 0.266 e. The van der Waals surface area contributed by atoms with Gasteiger partial charge in [0, 0.05) is 18.1 Å². The SMILES string of the molecule is CC(Sc1nc2ccccc2c(=O)n1-c1ccccc1)C(=O)Nc1ccncc1. The van der Waals surface area contributed by atoms with Crippen molar-refractivity contribution in [2.75, 3.05) is 5.32 Å². The number of carbonyl (C=O) groups is 1. The van der Waals surface area contributed by atoms with Gasteiger partial charge in [0.1, 0.15) is 0 Å². The van der Waals surface area contributed by atoms with Crippen LogP contribution >= 0.6 is 11.8 Å². The number of carbonyl (C=O) groups excluding carboxylic acids is 1. The molecular weight excluding hydrogens is 384 g/mol. The van der Waals surface area contributed by atoms with Gasteiger partial charge in [-0.3, -0.25) is 19.1 Å². The third kappa shape index (κ3) is 4.05. The Morgan fingerprint density at radius 3 is 2.45 bits per heavy atom. The number of para-hydroxylation sites is 2. The number of thioether (sulfide) groups is 1. The minimum Gasteiger partial charge on any atom is -0.325 e. The molecule has 0 aliphatic carbocycles. The van der Waals surface area contributed by atoms with Gasteiger partial charge in [0.15, 0.2) is 5.16 Å². The Hall–Kier alpha value is -3.45. The van der Waals surface area contributed by atoms with Crippen LogP contribution in [0.25, 0.3) is 16.6 Å². The van der Waals surface area contributed by atoms with Gasteiger partial charge in [-0.2, -0.15) is 0 Å². The summed E-state index contributed by atoms with van der Waals surface area (Å²) >= 11 is 1.25. The van der Waals surface area contributed by atoms with Crippen LogP contribution in [0.2, 0.25) is 0 Å². The summed E-state index contributed by atoms with van der Waals surface area (Å²) in [4.78, 5) is 34.5. The van der Waals surface area contributed by atoms with Crippen LogP contribution in [0.1, 0.15) is 6.92 Å². The van der Waals surface area contributed by atoms with E-state index in [0.717, 1.165) is 0 Å². The number of hydrogen-bond donors (Lipinski definition) is 1. The van der Waals surface area contributed by atoms with Gasteiger partial charge >= 0.3 is 0 Å². The van der Waals surface area contributed by atoms with Crippen LogP contribution in [0.15, 0.2) is 89.1 Å². The Morgan fingerprint density at radius 2 is 1.69 bits per heavy atom. The summed E-state index contributed by atoms with van der Waals surface area (Å²) in [5.41, 5.74) is 1.82. The van der Waals surface area contributed by atoms with Gasteiger partial charge in [-0.05, 0) is 43.3 Å². The van der Waals surface area contributed by atoms with Crippen LogP contribution in [0.3, 0.4) is 0 Å². The van der Waals surface area contributed by atoms with Gasteiger partial charge in [-0.15, -0.1) is 0 Å². The predicted molar refractivity (Wildman–Crippen MR) is 116 cm³/mol. The van der Waals surface area contributed by atoms with E-state index < -0.39 is 5.25 Å². The van der Waals surface area contributed by atoms with Crippen molar-refractivity contribution in [2.45, 2.75) is 17.3 Å². The first kappa shape index (κ1) is 18.9. The number of rotatable bonds is 5. The third-order valence-corrected chi connectivity index (χ3v) is 5.41. The molecule has 4 aromatic rings. The number of nitrogens with zero attached hydrogens (tertiary/aromatic N) is 3. The minimum absolute atomic E-state index is 0.161. The summed E-state index contributed by atoms with van der Waals surface area (Å²) in [6, 6.07) is 20.0. The van der Waals surface area contributed by atoms with Crippen molar-refractivity contribution in [2.24, 2.45) is 0 Å². The fourth-order valence-electron chi connectivity index (χ4n) is 2.89. The number of hydrogen-bond acceptors (Lipinski definition) is 5. The molecule has 0 aliphatic heterocycles. The average Bonchev–Trinajstić information content (AvgIpc) is 2.75. The second-order valence-corrected chi connectivity index (χ2v) is 7.68. The molecule has 1 amide bonds. The molecule has 4 rings (SSSR count). The second kappa shape index (κ2) is 8.28. The molecule has 6 nitrogen and oxygen atoms in total. The van der Waals surface area contributed by atoms with E-state index in [4.69, 9.17) is 0 Å². The molecule has 2 heterocycles. The number of anilines is 1. The van der Waals surface area contributed by atoms with Crippen molar-refractivity contribution < 1.29 is 4.79 Å². The highest BCUT2D eigenvalue weighted by Crippen LogP contribution is 2.25. The summed E-state index contributed by atoms with van der Waals surface area (Å²) in [6.45, 7) is 1.79. The second-order valence-electron chi connectivity index (χ2n) is 6.37. The maximum absolute atomic E-state index is 13.2. The Balaban J connectivity index is 1.72. The van der Waals surface area contributed by atoms with Crippen molar-refractivity contribution in [1.82, 2.24) is 14.5 Å². The molecule has 0 fully saturated rings. The highest BCUT2D eigenvalue weighted by molar-refractivity contribution is 8.00. The van der Waals surface area contributed by atoms with Crippen LogP contribution in [0.4, 0.5) is 5.69 Å². The lowest BCUT2D eigenvalue weighted by Crippen LogP contribution is -2.26. The number of fused-ring (bicyclic) bond motifs is 1. The molecule has 29 heavy (non-hydrogen) atoms. The zero-order valence-corrected chi connectivity index (χ0v) is 16.5. The molecule has 1 atom stereocenters. The Morgan fingerprint density at radius 1 is 1.00 bits per heavy atom. The Kier molecular flexibility index (Phi) is 5.39. The topological polar surface area (TPSA) is 76.9 Å². The van der Waals surface area contributed by atoms with Gasteiger partial charge in [0.25, 0.3) is 5.56 Å². The van der Waals surface area contributed by atoms with Gasteiger partial charge in [-0.25, -0.2) is 4.98 Å². The summed E-state index contributed by atoms with van der Waals surface area (Å²) in [6.07, 6.45) is 3.23. The lowest BCUT2D eigenvalue weighted by atomic mass is 10.2. The standard InChI is InChI=1S/C22H18N4O2S/c1-15(20(27)24-16-11-13-23-14-12-16)29-22-25-19-10-6-5-9-18(19)21(28)26(22)17-7-3-2-4-8-17/h2-15H,1H3,(H,23,24,27). The maximum atomic E-state index is 13.2. The monoisotopic (exact) mass is 402 g/mol. The van der Waals surface area contributed by atoms with Crippen LogP contribution in [-0.2, 0) is 4.79 Å². The molecule has 7 heteroatoms. The fraction of sp³-hybridized carbons (Fsp3) is 0.0909. The average molecular weight is 402 g/mol. The number of pyridine rings is 1. The number of benzene rings is 2. The van der Waals surface area contributed by atoms with Gasteiger partial charge in [0.05, 0.1) is 21.8 Å². The van der Waals surface area contributed by atoms with Crippen molar-refractivity contribution in [1.29, 1.82) is 0 Å². The first-order chi connectivity index (χ1) is 14.1. The van der Waals surface area contributed by atoms with Crippen molar-refractivity contribution >= 4 is 34.3 Å². The summed E-state index contributed by atoms with van der Waals surface area (Å²) in [7, 11) is 0. The molecule has 144 valence electrons. The molecule has 1 unspecified atom stereocenters. The summed E-state index contributed by atoms with van der Waals surface area (Å²) in [5, 5.41) is 3.40. The summed E-state index contributed by atoms with van der Waals surface area (Å²) in [5.74, 6) is -0.178. The van der Waals surface area contributed by atoms with Crippen LogP contribution in [-0.4, -0.2) is 25.7 Å².